The highest BCUT2D eigenvalue weighted by Gasteiger charge is 2.25. The quantitative estimate of drug-likeness (QED) is 0.635. The average molecular weight is 312 g/mol. The first kappa shape index (κ1) is 15.7. The number of amides is 1. The Morgan fingerprint density at radius 3 is 2.43 bits per heavy atom. The van der Waals surface area contributed by atoms with Gasteiger partial charge in [0.05, 0.1) is 15.5 Å². The standard InChI is InChI=1S/C14H18ClN3O3/c1-10(2)16-5-7-17(8-6-16)14(19)12-9-11(18(20)21)3-4-13(12)15/h3-4,9-10H,5-8H2,1-2H3. The number of rotatable bonds is 3. The number of carbonyl (C=O) groups is 1. The Hall–Kier alpha value is -1.66. The molecule has 1 fully saturated rings. The van der Waals surface area contributed by atoms with Crippen LogP contribution in [-0.2, 0) is 0 Å². The predicted molar refractivity (Wildman–Crippen MR) is 80.7 cm³/mol. The molecule has 1 aromatic carbocycles. The number of halogens is 1. The fourth-order valence-corrected chi connectivity index (χ4v) is 2.60. The minimum Gasteiger partial charge on any atom is -0.336 e. The Bertz CT molecular complexity index is 554. The van der Waals surface area contributed by atoms with Gasteiger partial charge in [0.15, 0.2) is 0 Å². The molecule has 114 valence electrons. The molecule has 0 bridgehead atoms. The van der Waals surface area contributed by atoms with Gasteiger partial charge >= 0.3 is 0 Å². The van der Waals surface area contributed by atoms with E-state index in [1.165, 1.54) is 18.2 Å². The number of carbonyl (C=O) groups excluding carboxylic acids is 1. The molecular formula is C14H18ClN3O3. The molecule has 6 nitrogen and oxygen atoms in total. The second-order valence-electron chi connectivity index (χ2n) is 5.34. The highest BCUT2D eigenvalue weighted by molar-refractivity contribution is 6.33. The van der Waals surface area contributed by atoms with Gasteiger partial charge in [-0.25, -0.2) is 0 Å². The van der Waals surface area contributed by atoms with E-state index in [-0.39, 0.29) is 22.2 Å². The van der Waals surface area contributed by atoms with Crippen molar-refractivity contribution in [2.45, 2.75) is 19.9 Å². The van der Waals surface area contributed by atoms with E-state index in [0.717, 1.165) is 13.1 Å². The van der Waals surface area contributed by atoms with Crippen molar-refractivity contribution in [2.75, 3.05) is 26.2 Å². The molecule has 0 atom stereocenters. The monoisotopic (exact) mass is 311 g/mol. The molecule has 7 heteroatoms. The summed E-state index contributed by atoms with van der Waals surface area (Å²) >= 11 is 6.01. The summed E-state index contributed by atoms with van der Waals surface area (Å²) in [7, 11) is 0. The van der Waals surface area contributed by atoms with E-state index >= 15 is 0 Å². The van der Waals surface area contributed by atoms with Crippen LogP contribution in [0, 0.1) is 10.1 Å². The van der Waals surface area contributed by atoms with Crippen molar-refractivity contribution in [3.8, 4) is 0 Å². The third kappa shape index (κ3) is 3.51. The van der Waals surface area contributed by atoms with Gasteiger partial charge in [-0.15, -0.1) is 0 Å². The van der Waals surface area contributed by atoms with Crippen molar-refractivity contribution in [1.29, 1.82) is 0 Å². The van der Waals surface area contributed by atoms with Crippen LogP contribution in [0.4, 0.5) is 5.69 Å². The van der Waals surface area contributed by atoms with Crippen molar-refractivity contribution in [3.63, 3.8) is 0 Å². The molecule has 1 saturated heterocycles. The Morgan fingerprint density at radius 1 is 1.29 bits per heavy atom. The van der Waals surface area contributed by atoms with E-state index in [9.17, 15) is 14.9 Å². The summed E-state index contributed by atoms with van der Waals surface area (Å²) in [4.78, 5) is 26.7. The molecule has 1 heterocycles. The second kappa shape index (κ2) is 6.41. The van der Waals surface area contributed by atoms with Crippen LogP contribution < -0.4 is 0 Å². The topological polar surface area (TPSA) is 66.7 Å². The molecule has 0 spiro atoms. The van der Waals surface area contributed by atoms with E-state index in [0.29, 0.717) is 19.1 Å². The molecular weight excluding hydrogens is 294 g/mol. The van der Waals surface area contributed by atoms with Crippen LogP contribution in [0.25, 0.3) is 0 Å². The molecule has 1 aromatic rings. The normalized spacial score (nSPS) is 16.3. The largest absolute Gasteiger partial charge is 0.336 e. The van der Waals surface area contributed by atoms with Gasteiger partial charge in [-0.1, -0.05) is 11.6 Å². The maximum absolute atomic E-state index is 12.5. The van der Waals surface area contributed by atoms with Crippen molar-refractivity contribution < 1.29 is 9.72 Å². The van der Waals surface area contributed by atoms with Crippen molar-refractivity contribution >= 4 is 23.2 Å². The number of benzene rings is 1. The first-order valence-electron chi connectivity index (χ1n) is 6.87. The zero-order valence-electron chi connectivity index (χ0n) is 12.1. The zero-order chi connectivity index (χ0) is 15.6. The Kier molecular flexibility index (Phi) is 4.80. The Morgan fingerprint density at radius 2 is 1.90 bits per heavy atom. The maximum Gasteiger partial charge on any atom is 0.270 e. The van der Waals surface area contributed by atoms with Gasteiger partial charge in [0.2, 0.25) is 0 Å². The third-order valence-electron chi connectivity index (χ3n) is 3.72. The van der Waals surface area contributed by atoms with Gasteiger partial charge in [0.1, 0.15) is 0 Å². The number of piperazine rings is 1. The summed E-state index contributed by atoms with van der Waals surface area (Å²) in [5.41, 5.74) is 0.0763. The lowest BCUT2D eigenvalue weighted by atomic mass is 10.1. The fraction of sp³-hybridized carbons (Fsp3) is 0.500. The van der Waals surface area contributed by atoms with E-state index in [2.05, 4.69) is 18.7 Å². The first-order chi connectivity index (χ1) is 9.90. The lowest BCUT2D eigenvalue weighted by Crippen LogP contribution is -2.50. The minimum atomic E-state index is -0.524. The molecule has 1 aliphatic rings. The van der Waals surface area contributed by atoms with Gasteiger partial charge < -0.3 is 4.90 Å². The lowest BCUT2D eigenvalue weighted by molar-refractivity contribution is -0.384. The lowest BCUT2D eigenvalue weighted by Gasteiger charge is -2.37. The number of nitro benzene ring substituents is 1. The highest BCUT2D eigenvalue weighted by atomic mass is 35.5. The Balaban J connectivity index is 2.14. The summed E-state index contributed by atoms with van der Waals surface area (Å²) in [6, 6.07) is 4.40. The molecule has 21 heavy (non-hydrogen) atoms. The van der Waals surface area contributed by atoms with E-state index in [4.69, 9.17) is 11.6 Å². The predicted octanol–water partition coefficient (Wildman–Crippen LogP) is 2.41. The number of hydrogen-bond acceptors (Lipinski definition) is 4. The molecule has 0 saturated carbocycles. The molecule has 2 rings (SSSR count). The number of nitro groups is 1. The van der Waals surface area contributed by atoms with Crippen LogP contribution in [0.2, 0.25) is 5.02 Å². The molecule has 0 aliphatic carbocycles. The van der Waals surface area contributed by atoms with Crippen LogP contribution in [0.3, 0.4) is 0 Å². The zero-order valence-corrected chi connectivity index (χ0v) is 12.8. The summed E-state index contributed by atoms with van der Waals surface area (Å²) in [6.07, 6.45) is 0. The number of nitrogens with zero attached hydrogens (tertiary/aromatic N) is 3. The van der Waals surface area contributed by atoms with Gasteiger partial charge in [-0.3, -0.25) is 19.8 Å². The number of non-ortho nitro benzene ring substituents is 1. The van der Waals surface area contributed by atoms with E-state index in [1.54, 1.807) is 4.90 Å². The third-order valence-corrected chi connectivity index (χ3v) is 4.05. The van der Waals surface area contributed by atoms with Crippen LogP contribution >= 0.6 is 11.6 Å². The van der Waals surface area contributed by atoms with Crippen LogP contribution in [0.15, 0.2) is 18.2 Å². The van der Waals surface area contributed by atoms with Gasteiger partial charge in [-0.2, -0.15) is 0 Å². The van der Waals surface area contributed by atoms with Crippen molar-refractivity contribution in [2.24, 2.45) is 0 Å². The van der Waals surface area contributed by atoms with Crippen LogP contribution in [0.5, 0.6) is 0 Å². The summed E-state index contributed by atoms with van der Waals surface area (Å²) in [5, 5.41) is 11.1. The minimum absolute atomic E-state index is 0.122. The fourth-order valence-electron chi connectivity index (χ4n) is 2.40. The maximum atomic E-state index is 12.5. The molecule has 1 aliphatic heterocycles. The summed E-state index contributed by atoms with van der Waals surface area (Å²) in [5.74, 6) is -0.243. The SMILES string of the molecule is CC(C)N1CCN(C(=O)c2cc([N+](=O)[O-])ccc2Cl)CC1. The van der Waals surface area contributed by atoms with Crippen LogP contribution in [0.1, 0.15) is 24.2 Å². The molecule has 0 N–H and O–H groups in total. The van der Waals surface area contributed by atoms with Gasteiger partial charge in [-0.05, 0) is 19.9 Å². The molecule has 0 radical (unpaired) electrons. The van der Waals surface area contributed by atoms with Crippen molar-refractivity contribution in [1.82, 2.24) is 9.80 Å². The van der Waals surface area contributed by atoms with Crippen molar-refractivity contribution in [3.05, 3.63) is 38.9 Å². The first-order valence-corrected chi connectivity index (χ1v) is 7.25. The second-order valence-corrected chi connectivity index (χ2v) is 5.75. The highest BCUT2D eigenvalue weighted by Crippen LogP contribution is 2.24. The smallest absolute Gasteiger partial charge is 0.270 e. The summed E-state index contributed by atoms with van der Waals surface area (Å²) < 4.78 is 0. The molecule has 0 unspecified atom stereocenters. The van der Waals surface area contributed by atoms with Crippen LogP contribution in [-0.4, -0.2) is 52.9 Å². The number of hydrogen-bond donors (Lipinski definition) is 0. The summed E-state index contributed by atoms with van der Waals surface area (Å²) in [6.45, 7) is 7.06. The molecule has 1 amide bonds. The van der Waals surface area contributed by atoms with E-state index < -0.39 is 4.92 Å². The molecule has 0 aromatic heterocycles. The van der Waals surface area contributed by atoms with Gasteiger partial charge in [0, 0.05) is 44.4 Å². The average Bonchev–Trinajstić information content (AvgIpc) is 2.47. The van der Waals surface area contributed by atoms with Gasteiger partial charge in [0.25, 0.3) is 11.6 Å². The van der Waals surface area contributed by atoms with E-state index in [1.807, 2.05) is 0 Å². The Labute approximate surface area is 128 Å².